The maximum Gasteiger partial charge on any atom is 0.260 e. The van der Waals surface area contributed by atoms with Crippen LogP contribution in [0.4, 0.5) is 5.82 Å². The van der Waals surface area contributed by atoms with Crippen molar-refractivity contribution in [2.75, 3.05) is 5.32 Å². The van der Waals surface area contributed by atoms with Gasteiger partial charge in [0.25, 0.3) is 5.91 Å². The van der Waals surface area contributed by atoms with Crippen molar-refractivity contribution in [2.45, 2.75) is 32.4 Å². The Balaban J connectivity index is 1.56. The third kappa shape index (κ3) is 4.09. The number of imidazole rings is 1. The van der Waals surface area contributed by atoms with Gasteiger partial charge in [0.15, 0.2) is 5.82 Å². The smallest absolute Gasteiger partial charge is 0.260 e. The third-order valence-corrected chi connectivity index (χ3v) is 5.51. The average molecular weight is 425 g/mol. The second-order valence-electron chi connectivity index (χ2n) is 7.82. The van der Waals surface area contributed by atoms with Gasteiger partial charge in [-0.2, -0.15) is 0 Å². The molecule has 4 heterocycles. The van der Waals surface area contributed by atoms with Crippen LogP contribution in [0.1, 0.15) is 30.1 Å². The van der Waals surface area contributed by atoms with E-state index in [-0.39, 0.29) is 12.0 Å². The Morgan fingerprint density at radius 2 is 1.94 bits per heavy atom. The van der Waals surface area contributed by atoms with E-state index >= 15 is 0 Å². The summed E-state index contributed by atoms with van der Waals surface area (Å²) in [4.78, 5) is 26.5. The predicted molar refractivity (Wildman–Crippen MR) is 122 cm³/mol. The van der Waals surface area contributed by atoms with Gasteiger partial charge in [-0.05, 0) is 67.3 Å². The number of hydrogen-bond donors (Lipinski definition) is 1. The zero-order valence-electron chi connectivity index (χ0n) is 17.7. The largest absolute Gasteiger partial charge is 0.490 e. The number of aromatic nitrogens is 4. The van der Waals surface area contributed by atoms with E-state index in [2.05, 4.69) is 24.8 Å². The van der Waals surface area contributed by atoms with E-state index in [0.717, 1.165) is 42.0 Å². The predicted octanol–water partition coefficient (Wildman–Crippen LogP) is 4.82. The van der Waals surface area contributed by atoms with E-state index < -0.39 is 0 Å². The van der Waals surface area contributed by atoms with Gasteiger partial charge in [0.2, 0.25) is 0 Å². The number of carbonyl (C=O) groups excluding carboxylic acids is 1. The summed E-state index contributed by atoms with van der Waals surface area (Å²) in [5, 5.41) is 2.93. The molecule has 1 atom stereocenters. The molecule has 0 aliphatic carbocycles. The van der Waals surface area contributed by atoms with Gasteiger partial charge in [-0.3, -0.25) is 9.78 Å². The summed E-state index contributed by atoms with van der Waals surface area (Å²) in [6.07, 6.45) is 8.92. The number of rotatable bonds is 1. The van der Waals surface area contributed by atoms with Crippen LogP contribution < -0.4 is 10.1 Å². The van der Waals surface area contributed by atoms with Gasteiger partial charge in [0, 0.05) is 31.3 Å². The van der Waals surface area contributed by atoms with E-state index in [9.17, 15) is 4.79 Å². The number of fused-ring (bicyclic) bond motifs is 5. The lowest BCUT2D eigenvalue weighted by Crippen LogP contribution is -2.19. The van der Waals surface area contributed by atoms with Crippen LogP contribution in [0.15, 0.2) is 73.3 Å². The van der Waals surface area contributed by atoms with Crippen molar-refractivity contribution in [1.29, 1.82) is 0 Å². The van der Waals surface area contributed by atoms with Gasteiger partial charge in [0.1, 0.15) is 17.3 Å². The lowest BCUT2D eigenvalue weighted by atomic mass is 10.0. The highest BCUT2D eigenvalue weighted by Crippen LogP contribution is 2.29. The van der Waals surface area contributed by atoms with Crippen molar-refractivity contribution in [3.63, 3.8) is 0 Å². The molecule has 7 heteroatoms. The monoisotopic (exact) mass is 425 g/mol. The fraction of sp³-hybridized carbons (Fsp3) is 0.200. The summed E-state index contributed by atoms with van der Waals surface area (Å²) in [6, 6.07) is 15.1. The van der Waals surface area contributed by atoms with Crippen LogP contribution in [-0.4, -0.2) is 31.5 Å². The summed E-state index contributed by atoms with van der Waals surface area (Å²) in [6.45, 7) is 2.85. The number of nitrogens with one attached hydrogen (secondary N) is 1. The zero-order valence-corrected chi connectivity index (χ0v) is 17.7. The number of aryl methyl sites for hydroxylation is 1. The van der Waals surface area contributed by atoms with E-state index in [1.54, 1.807) is 24.7 Å². The molecule has 2 bridgehead atoms. The molecule has 1 aliphatic rings. The summed E-state index contributed by atoms with van der Waals surface area (Å²) >= 11 is 0. The standard InChI is InChI=1S/C25H23N5O2/c1-17-4-3-14-30-15-13-27-24(30)21-5-2-6-23(28-21)29-25(31)20-16-19(7-8-22(20)32-17)18-9-11-26-12-10-18/h2,5-13,15-17H,3-4,14H2,1H3,(H,28,29,31)/t17-/m0/s1. The van der Waals surface area contributed by atoms with Gasteiger partial charge in [-0.1, -0.05) is 12.1 Å². The van der Waals surface area contributed by atoms with Gasteiger partial charge < -0.3 is 14.6 Å². The second-order valence-corrected chi connectivity index (χ2v) is 7.82. The maximum absolute atomic E-state index is 13.3. The number of pyridine rings is 2. The van der Waals surface area contributed by atoms with Crippen molar-refractivity contribution in [1.82, 2.24) is 19.5 Å². The molecule has 1 amide bonds. The Morgan fingerprint density at radius 3 is 2.81 bits per heavy atom. The minimum atomic E-state index is -0.270. The minimum absolute atomic E-state index is 0.0424. The van der Waals surface area contributed by atoms with Gasteiger partial charge in [-0.25, -0.2) is 9.97 Å². The summed E-state index contributed by atoms with van der Waals surface area (Å²) in [7, 11) is 0. The molecule has 4 aromatic rings. The van der Waals surface area contributed by atoms with Crippen LogP contribution in [0.3, 0.4) is 0 Å². The molecule has 1 aromatic carbocycles. The first-order chi connectivity index (χ1) is 15.7. The molecule has 1 N–H and O–H groups in total. The van der Waals surface area contributed by atoms with E-state index in [1.807, 2.05) is 55.6 Å². The zero-order chi connectivity index (χ0) is 21.9. The quantitative estimate of drug-likeness (QED) is 0.473. The first-order valence-corrected chi connectivity index (χ1v) is 10.7. The van der Waals surface area contributed by atoms with E-state index in [4.69, 9.17) is 4.74 Å². The fourth-order valence-corrected chi connectivity index (χ4v) is 3.89. The molecule has 7 nitrogen and oxygen atoms in total. The Bertz CT molecular complexity index is 1250. The van der Waals surface area contributed by atoms with Crippen molar-refractivity contribution >= 4 is 11.7 Å². The van der Waals surface area contributed by atoms with Crippen LogP contribution in [0, 0.1) is 0 Å². The lowest BCUT2D eigenvalue weighted by molar-refractivity contribution is 0.101. The van der Waals surface area contributed by atoms with Crippen LogP contribution in [0.2, 0.25) is 0 Å². The molecule has 0 fully saturated rings. The molecule has 0 spiro atoms. The van der Waals surface area contributed by atoms with Crippen LogP contribution in [0.25, 0.3) is 22.6 Å². The van der Waals surface area contributed by atoms with Crippen molar-refractivity contribution in [3.05, 3.63) is 78.9 Å². The summed E-state index contributed by atoms with van der Waals surface area (Å²) in [5.41, 5.74) is 3.09. The van der Waals surface area contributed by atoms with Crippen molar-refractivity contribution < 1.29 is 9.53 Å². The molecule has 160 valence electrons. The fourth-order valence-electron chi connectivity index (χ4n) is 3.89. The van der Waals surface area contributed by atoms with Crippen molar-refractivity contribution in [2.24, 2.45) is 0 Å². The minimum Gasteiger partial charge on any atom is -0.490 e. The van der Waals surface area contributed by atoms with Gasteiger partial charge in [-0.15, -0.1) is 0 Å². The van der Waals surface area contributed by atoms with Crippen LogP contribution >= 0.6 is 0 Å². The number of ether oxygens (including phenoxy) is 1. The number of amides is 1. The van der Waals surface area contributed by atoms with Crippen molar-refractivity contribution in [3.8, 4) is 28.4 Å². The molecule has 1 aliphatic heterocycles. The highest BCUT2D eigenvalue weighted by molar-refractivity contribution is 6.06. The number of anilines is 1. The number of nitrogens with zero attached hydrogens (tertiary/aromatic N) is 4. The summed E-state index contributed by atoms with van der Waals surface area (Å²) < 4.78 is 8.29. The highest BCUT2D eigenvalue weighted by Gasteiger charge is 2.19. The van der Waals surface area contributed by atoms with Gasteiger partial charge >= 0.3 is 0 Å². The van der Waals surface area contributed by atoms with Gasteiger partial charge in [0.05, 0.1) is 11.7 Å². The number of hydrogen-bond acceptors (Lipinski definition) is 5. The normalized spacial score (nSPS) is 16.2. The number of carbonyl (C=O) groups is 1. The topological polar surface area (TPSA) is 81.9 Å². The Kier molecular flexibility index (Phi) is 5.37. The third-order valence-electron chi connectivity index (χ3n) is 5.51. The first-order valence-electron chi connectivity index (χ1n) is 10.7. The molecular formula is C25H23N5O2. The Morgan fingerprint density at radius 1 is 1.06 bits per heavy atom. The molecule has 0 radical (unpaired) electrons. The SMILES string of the molecule is C[C@H]1CCCn2ccnc2-c2cccc(n2)NC(=O)c2cc(-c3ccncc3)ccc2O1. The average Bonchev–Trinajstić information content (AvgIpc) is 3.28. The second kappa shape index (κ2) is 8.63. The molecule has 5 rings (SSSR count). The Labute approximate surface area is 186 Å². The highest BCUT2D eigenvalue weighted by atomic mass is 16.5. The molecular weight excluding hydrogens is 402 g/mol. The number of benzene rings is 1. The molecule has 32 heavy (non-hydrogen) atoms. The van der Waals surface area contributed by atoms with Crippen LogP contribution in [0.5, 0.6) is 5.75 Å². The lowest BCUT2D eigenvalue weighted by Gasteiger charge is -2.19. The summed E-state index contributed by atoms with van der Waals surface area (Å²) in [5.74, 6) is 1.54. The first kappa shape index (κ1) is 19.9. The van der Waals surface area contributed by atoms with Crippen LogP contribution in [-0.2, 0) is 6.54 Å². The van der Waals surface area contributed by atoms with E-state index in [0.29, 0.717) is 17.1 Å². The molecule has 0 saturated heterocycles. The Hall–Kier alpha value is -4.00. The van der Waals surface area contributed by atoms with E-state index in [1.165, 1.54) is 0 Å². The molecule has 0 saturated carbocycles. The molecule has 3 aromatic heterocycles. The molecule has 0 unspecified atom stereocenters. The maximum atomic E-state index is 13.3.